The third kappa shape index (κ3) is 11.8. The van der Waals surface area contributed by atoms with Crippen molar-refractivity contribution in [2.24, 2.45) is 10.8 Å². The van der Waals surface area contributed by atoms with Gasteiger partial charge in [-0.2, -0.15) is 11.8 Å². The van der Waals surface area contributed by atoms with E-state index >= 15 is 0 Å². The van der Waals surface area contributed by atoms with Crippen LogP contribution in [0.1, 0.15) is 127 Å². The normalized spacial score (nSPS) is 12.7. The van der Waals surface area contributed by atoms with Crippen LogP contribution in [0.25, 0.3) is 0 Å². The fraction of sp³-hybridized carbons (Fsp3) is 0.650. The van der Waals surface area contributed by atoms with E-state index in [9.17, 15) is 19.8 Å². The monoisotopic (exact) mass is 670 g/mol. The maximum atomic E-state index is 12.5. The summed E-state index contributed by atoms with van der Waals surface area (Å²) in [6.07, 6.45) is 2.04. The molecule has 0 aliphatic heterocycles. The van der Waals surface area contributed by atoms with Gasteiger partial charge in [0, 0.05) is 22.3 Å². The lowest BCUT2D eigenvalue weighted by molar-refractivity contribution is -0.146. The predicted molar refractivity (Wildman–Crippen MR) is 196 cm³/mol. The molecule has 6 nitrogen and oxygen atoms in total. The Morgan fingerprint density at radius 3 is 1.21 bits per heavy atom. The van der Waals surface area contributed by atoms with Crippen LogP contribution in [-0.2, 0) is 42.7 Å². The number of rotatable bonds is 14. The lowest BCUT2D eigenvalue weighted by Gasteiger charge is -2.29. The van der Waals surface area contributed by atoms with Crippen molar-refractivity contribution in [3.05, 3.63) is 56.6 Å². The molecule has 47 heavy (non-hydrogen) atoms. The van der Waals surface area contributed by atoms with Crippen molar-refractivity contribution in [2.45, 2.75) is 133 Å². The molecule has 0 heterocycles. The van der Waals surface area contributed by atoms with Gasteiger partial charge >= 0.3 is 11.9 Å². The Bertz CT molecular complexity index is 1310. The van der Waals surface area contributed by atoms with Crippen molar-refractivity contribution in [1.29, 1.82) is 0 Å². The molecule has 2 rings (SSSR count). The second-order valence-corrected chi connectivity index (χ2v) is 18.2. The fourth-order valence-corrected chi connectivity index (χ4v) is 6.52. The number of hydrogen-bond donors (Lipinski definition) is 2. The first kappa shape index (κ1) is 40.5. The van der Waals surface area contributed by atoms with Crippen LogP contribution < -0.4 is 0 Å². The third-order valence-corrected chi connectivity index (χ3v) is 10.0. The van der Waals surface area contributed by atoms with Gasteiger partial charge in [-0.15, -0.1) is 0 Å². The van der Waals surface area contributed by atoms with Crippen molar-refractivity contribution < 1.29 is 29.3 Å². The Morgan fingerprint density at radius 2 is 0.915 bits per heavy atom. The number of phenols is 2. The number of thioether (sulfide) groups is 1. The minimum Gasteiger partial charge on any atom is -0.507 e. The number of carbonyl (C=O) groups is 2. The predicted octanol–water partition coefficient (Wildman–Crippen LogP) is 9.36. The van der Waals surface area contributed by atoms with Gasteiger partial charge in [0.2, 0.25) is 0 Å². The molecular formula is C40H62O6S. The lowest BCUT2D eigenvalue weighted by Crippen LogP contribution is -2.26. The van der Waals surface area contributed by atoms with Crippen LogP contribution in [0.15, 0.2) is 12.1 Å². The van der Waals surface area contributed by atoms with Gasteiger partial charge in [-0.25, -0.2) is 0 Å². The molecule has 0 radical (unpaired) electrons. The van der Waals surface area contributed by atoms with Crippen LogP contribution in [0.2, 0.25) is 0 Å². The van der Waals surface area contributed by atoms with Gasteiger partial charge < -0.3 is 19.7 Å². The van der Waals surface area contributed by atoms with Crippen LogP contribution >= 0.6 is 11.8 Å². The highest BCUT2D eigenvalue weighted by Crippen LogP contribution is 2.39. The molecule has 0 atom stereocenters. The first-order chi connectivity index (χ1) is 21.4. The molecular weight excluding hydrogens is 609 g/mol. The molecule has 0 unspecified atom stereocenters. The van der Waals surface area contributed by atoms with E-state index in [1.54, 1.807) is 11.8 Å². The molecule has 2 aromatic rings. The van der Waals surface area contributed by atoms with Gasteiger partial charge in [0.1, 0.15) is 11.5 Å². The zero-order valence-electron chi connectivity index (χ0n) is 31.7. The fourth-order valence-electron chi connectivity index (χ4n) is 5.70. The molecule has 2 aromatic carbocycles. The largest absolute Gasteiger partial charge is 0.507 e. The summed E-state index contributed by atoms with van der Waals surface area (Å²) in [5, 5.41) is 21.4. The molecule has 0 saturated heterocycles. The molecule has 7 heteroatoms. The first-order valence-corrected chi connectivity index (χ1v) is 18.1. The molecule has 264 valence electrons. The quantitative estimate of drug-likeness (QED) is 0.153. The van der Waals surface area contributed by atoms with Gasteiger partial charge in [-0.3, -0.25) is 9.59 Å². The van der Waals surface area contributed by atoms with E-state index in [1.165, 1.54) is 0 Å². The van der Waals surface area contributed by atoms with Gasteiger partial charge in [0.25, 0.3) is 0 Å². The smallest absolute Gasteiger partial charge is 0.306 e. The molecule has 0 spiro atoms. The van der Waals surface area contributed by atoms with Gasteiger partial charge in [-0.1, -0.05) is 81.4 Å². The van der Waals surface area contributed by atoms with Crippen LogP contribution in [0, 0.1) is 38.5 Å². The Balaban J connectivity index is 1.78. The molecule has 0 aliphatic carbocycles. The molecule has 0 saturated carbocycles. The summed E-state index contributed by atoms with van der Waals surface area (Å²) >= 11 is 1.55. The van der Waals surface area contributed by atoms with Crippen molar-refractivity contribution >= 4 is 23.7 Å². The maximum absolute atomic E-state index is 12.5. The number of hydrogen-bond acceptors (Lipinski definition) is 7. The van der Waals surface area contributed by atoms with E-state index in [1.807, 2.05) is 27.7 Å². The van der Waals surface area contributed by atoms with Crippen LogP contribution in [0.5, 0.6) is 11.5 Å². The highest BCUT2D eigenvalue weighted by Gasteiger charge is 2.28. The SMILES string of the molecule is Cc1c(CC(C)(C)COC(=O)CCSCCC(=O)OCC(C)(C)Cc2cc(C(C)(C)C)c(O)c(C)c2C)cc(C(C)(C)C)c(O)c1C. The third-order valence-electron chi connectivity index (χ3n) is 9.05. The van der Waals surface area contributed by atoms with Gasteiger partial charge in [0.05, 0.1) is 26.1 Å². The molecule has 0 fully saturated rings. The minimum absolute atomic E-state index is 0.178. The van der Waals surface area contributed by atoms with E-state index < -0.39 is 0 Å². The summed E-state index contributed by atoms with van der Waals surface area (Å²) in [6.45, 7) is 29.6. The highest BCUT2D eigenvalue weighted by molar-refractivity contribution is 7.99. The van der Waals surface area contributed by atoms with E-state index in [-0.39, 0.29) is 46.4 Å². The Kier molecular flexibility index (Phi) is 13.5. The summed E-state index contributed by atoms with van der Waals surface area (Å²) in [4.78, 5) is 25.0. The number of aromatic hydroxyl groups is 2. The average Bonchev–Trinajstić information content (AvgIpc) is 2.94. The standard InChI is InChI=1S/C40H62O6S/c1-25-27(3)35(43)31(37(5,6)7)19-29(25)21-39(11,12)23-45-33(41)15-17-47-18-16-34(42)46-24-40(13,14)22-30-20-32(38(8,9)10)36(44)28(4)26(30)2/h19-20,43-44H,15-18,21-24H2,1-14H3. The van der Waals surface area contributed by atoms with Gasteiger partial charge in [-0.05, 0) is 95.9 Å². The summed E-state index contributed by atoms with van der Waals surface area (Å²) < 4.78 is 11.3. The number of ether oxygens (including phenoxy) is 2. The van der Waals surface area contributed by atoms with E-state index in [0.717, 1.165) is 57.3 Å². The number of benzene rings is 2. The lowest BCUT2D eigenvalue weighted by atomic mass is 9.79. The van der Waals surface area contributed by atoms with Crippen LogP contribution in [0.3, 0.4) is 0 Å². The van der Waals surface area contributed by atoms with E-state index in [4.69, 9.17) is 9.47 Å². The molecule has 0 aromatic heterocycles. The Hall–Kier alpha value is -2.67. The molecule has 0 amide bonds. The number of esters is 2. The Labute approximate surface area is 289 Å². The number of carbonyl (C=O) groups excluding carboxylic acids is 2. The summed E-state index contributed by atoms with van der Waals surface area (Å²) in [5.41, 5.74) is 7.26. The second kappa shape index (κ2) is 15.7. The second-order valence-electron chi connectivity index (χ2n) is 17.0. The maximum Gasteiger partial charge on any atom is 0.306 e. The zero-order valence-corrected chi connectivity index (χ0v) is 32.6. The van der Waals surface area contributed by atoms with Crippen molar-refractivity contribution in [3.8, 4) is 11.5 Å². The van der Waals surface area contributed by atoms with Crippen LogP contribution in [-0.4, -0.2) is 46.9 Å². The zero-order chi connectivity index (χ0) is 36.1. The summed E-state index contributed by atoms with van der Waals surface area (Å²) in [6, 6.07) is 4.20. The van der Waals surface area contributed by atoms with Crippen molar-refractivity contribution in [3.63, 3.8) is 0 Å². The summed E-state index contributed by atoms with van der Waals surface area (Å²) in [7, 11) is 0. The number of phenolic OH excluding ortho intramolecular Hbond substituents is 2. The minimum atomic E-state index is -0.266. The van der Waals surface area contributed by atoms with Crippen LogP contribution in [0.4, 0.5) is 0 Å². The van der Waals surface area contributed by atoms with E-state index in [2.05, 4.69) is 81.4 Å². The first-order valence-electron chi connectivity index (χ1n) is 16.9. The average molecular weight is 671 g/mol. The van der Waals surface area contributed by atoms with Crippen molar-refractivity contribution in [1.82, 2.24) is 0 Å². The highest BCUT2D eigenvalue weighted by atomic mass is 32.2. The molecule has 0 bridgehead atoms. The topological polar surface area (TPSA) is 93.1 Å². The summed E-state index contributed by atoms with van der Waals surface area (Å²) in [5.74, 6) is 1.42. The molecule has 0 aliphatic rings. The molecule has 2 N–H and O–H groups in total. The van der Waals surface area contributed by atoms with Gasteiger partial charge in [0.15, 0.2) is 0 Å². The Morgan fingerprint density at radius 1 is 0.596 bits per heavy atom. The van der Waals surface area contributed by atoms with Crippen molar-refractivity contribution in [2.75, 3.05) is 24.7 Å². The van der Waals surface area contributed by atoms with E-state index in [0.29, 0.717) is 36.2 Å².